The Labute approximate surface area is 133 Å². The van der Waals surface area contributed by atoms with Gasteiger partial charge in [0.15, 0.2) is 0 Å². The van der Waals surface area contributed by atoms with Gasteiger partial charge in [-0.3, -0.25) is 0 Å². The second kappa shape index (κ2) is 5.89. The van der Waals surface area contributed by atoms with E-state index in [1.54, 1.807) is 10.7 Å². The van der Waals surface area contributed by atoms with Crippen LogP contribution >= 0.6 is 15.9 Å². The van der Waals surface area contributed by atoms with Crippen molar-refractivity contribution < 1.29 is 4.39 Å². The number of rotatable bonds is 3. The summed E-state index contributed by atoms with van der Waals surface area (Å²) in [6.45, 7) is 10.7. The Morgan fingerprint density at radius 2 is 1.95 bits per heavy atom. The summed E-state index contributed by atoms with van der Waals surface area (Å²) in [5.74, 6) is -0.263. The number of halogens is 2. The molecule has 21 heavy (non-hydrogen) atoms. The summed E-state index contributed by atoms with van der Waals surface area (Å²) in [7, 11) is 0. The van der Waals surface area contributed by atoms with Crippen molar-refractivity contribution in [2.75, 3.05) is 0 Å². The summed E-state index contributed by atoms with van der Waals surface area (Å²) < 4.78 is 17.0. The van der Waals surface area contributed by atoms with Crippen LogP contribution in [0.2, 0.25) is 0 Å². The van der Waals surface area contributed by atoms with Gasteiger partial charge in [-0.05, 0) is 62.2 Å². The van der Waals surface area contributed by atoms with Gasteiger partial charge in [-0.2, -0.15) is 5.10 Å². The van der Waals surface area contributed by atoms with E-state index >= 15 is 0 Å². The van der Waals surface area contributed by atoms with Crippen molar-refractivity contribution in [2.24, 2.45) is 0 Å². The molecule has 0 saturated heterocycles. The lowest BCUT2D eigenvalue weighted by atomic mass is 10.1. The summed E-state index contributed by atoms with van der Waals surface area (Å²) in [6.07, 6.45) is 0. The minimum absolute atomic E-state index is 0.0285. The van der Waals surface area contributed by atoms with E-state index in [1.165, 1.54) is 6.07 Å². The Balaban J connectivity index is 2.49. The molecule has 0 spiro atoms. The van der Waals surface area contributed by atoms with Crippen LogP contribution in [0.5, 0.6) is 0 Å². The number of aromatic nitrogens is 2. The van der Waals surface area contributed by atoms with E-state index in [0.29, 0.717) is 12.2 Å². The highest BCUT2D eigenvalue weighted by Gasteiger charge is 2.18. The lowest BCUT2D eigenvalue weighted by molar-refractivity contribution is 0.423. The zero-order chi connectivity index (χ0) is 15.8. The quantitative estimate of drug-likeness (QED) is 0.892. The number of benzene rings is 1. The SMILES string of the molecule is Cc1nn(-c2c(F)cccc2CNC(C)(C)C)c(C)c1Br. The normalized spacial score (nSPS) is 12.0. The van der Waals surface area contributed by atoms with Gasteiger partial charge in [0, 0.05) is 12.1 Å². The summed E-state index contributed by atoms with van der Waals surface area (Å²) in [5, 5.41) is 7.84. The molecule has 1 heterocycles. The minimum Gasteiger partial charge on any atom is -0.308 e. The van der Waals surface area contributed by atoms with Crippen LogP contribution in [0.15, 0.2) is 22.7 Å². The molecule has 1 N–H and O–H groups in total. The van der Waals surface area contributed by atoms with Gasteiger partial charge in [0.1, 0.15) is 11.5 Å². The van der Waals surface area contributed by atoms with Crippen LogP contribution in [0.3, 0.4) is 0 Å². The number of nitrogens with one attached hydrogen (secondary N) is 1. The summed E-state index contributed by atoms with van der Waals surface area (Å²) >= 11 is 3.50. The average molecular weight is 354 g/mol. The van der Waals surface area contributed by atoms with Gasteiger partial charge in [-0.25, -0.2) is 9.07 Å². The molecule has 0 radical (unpaired) electrons. The Morgan fingerprint density at radius 3 is 2.48 bits per heavy atom. The highest BCUT2D eigenvalue weighted by atomic mass is 79.9. The minimum atomic E-state index is -0.263. The molecular formula is C16H21BrFN3. The van der Waals surface area contributed by atoms with E-state index in [0.717, 1.165) is 21.4 Å². The van der Waals surface area contributed by atoms with Crippen molar-refractivity contribution in [1.82, 2.24) is 15.1 Å². The fraction of sp³-hybridized carbons (Fsp3) is 0.438. The molecule has 114 valence electrons. The molecule has 2 aromatic rings. The highest BCUT2D eigenvalue weighted by molar-refractivity contribution is 9.10. The molecular weight excluding hydrogens is 333 g/mol. The predicted molar refractivity (Wildman–Crippen MR) is 87.3 cm³/mol. The van der Waals surface area contributed by atoms with Gasteiger partial charge in [0.2, 0.25) is 0 Å². The first-order valence-electron chi connectivity index (χ1n) is 6.95. The fourth-order valence-corrected chi connectivity index (χ4v) is 2.39. The van der Waals surface area contributed by atoms with Gasteiger partial charge < -0.3 is 5.32 Å². The van der Waals surface area contributed by atoms with Crippen LogP contribution in [0.25, 0.3) is 5.69 Å². The average Bonchev–Trinajstić information content (AvgIpc) is 2.63. The number of aryl methyl sites for hydroxylation is 1. The number of hydrogen-bond donors (Lipinski definition) is 1. The summed E-state index contributed by atoms with van der Waals surface area (Å²) in [6, 6.07) is 5.14. The van der Waals surface area contributed by atoms with Crippen molar-refractivity contribution >= 4 is 15.9 Å². The molecule has 2 rings (SSSR count). The van der Waals surface area contributed by atoms with Gasteiger partial charge in [-0.15, -0.1) is 0 Å². The maximum absolute atomic E-state index is 14.4. The van der Waals surface area contributed by atoms with Gasteiger partial charge >= 0.3 is 0 Å². The third-order valence-electron chi connectivity index (χ3n) is 3.29. The van der Waals surface area contributed by atoms with E-state index in [2.05, 4.69) is 47.1 Å². The molecule has 0 unspecified atom stereocenters. The van der Waals surface area contributed by atoms with E-state index in [4.69, 9.17) is 0 Å². The standard InChI is InChI=1S/C16H21BrFN3/c1-10-14(17)11(2)21(20-10)15-12(7-6-8-13(15)18)9-19-16(3,4)5/h6-8,19H,9H2,1-5H3. The Bertz CT molecular complexity index is 656. The van der Waals surface area contributed by atoms with Crippen molar-refractivity contribution in [3.63, 3.8) is 0 Å². The molecule has 0 amide bonds. The molecule has 1 aromatic carbocycles. The van der Waals surface area contributed by atoms with Crippen LogP contribution in [0, 0.1) is 19.7 Å². The van der Waals surface area contributed by atoms with Crippen molar-refractivity contribution in [2.45, 2.75) is 46.7 Å². The Kier molecular flexibility index (Phi) is 4.54. The molecule has 0 bridgehead atoms. The van der Waals surface area contributed by atoms with Crippen LogP contribution in [-0.2, 0) is 6.54 Å². The molecule has 3 nitrogen and oxygen atoms in total. The third-order valence-corrected chi connectivity index (χ3v) is 4.44. The zero-order valence-corrected chi connectivity index (χ0v) is 14.7. The molecule has 5 heteroatoms. The number of hydrogen-bond acceptors (Lipinski definition) is 2. The van der Waals surface area contributed by atoms with E-state index < -0.39 is 0 Å². The van der Waals surface area contributed by atoms with Gasteiger partial charge in [0.25, 0.3) is 0 Å². The maximum atomic E-state index is 14.4. The van der Waals surface area contributed by atoms with E-state index in [1.807, 2.05) is 19.9 Å². The number of nitrogens with zero attached hydrogens (tertiary/aromatic N) is 2. The molecule has 1 aromatic heterocycles. The third kappa shape index (κ3) is 3.52. The molecule has 0 aliphatic heterocycles. The highest BCUT2D eigenvalue weighted by Crippen LogP contribution is 2.26. The van der Waals surface area contributed by atoms with Crippen LogP contribution < -0.4 is 5.32 Å². The zero-order valence-electron chi connectivity index (χ0n) is 13.1. The van der Waals surface area contributed by atoms with Crippen molar-refractivity contribution in [3.8, 4) is 5.69 Å². The van der Waals surface area contributed by atoms with Gasteiger partial charge in [0.05, 0.1) is 15.9 Å². The first-order chi connectivity index (χ1) is 9.70. The first-order valence-corrected chi connectivity index (χ1v) is 7.74. The van der Waals surface area contributed by atoms with Crippen LogP contribution in [0.4, 0.5) is 4.39 Å². The molecule has 0 aliphatic carbocycles. The Morgan fingerprint density at radius 1 is 1.29 bits per heavy atom. The van der Waals surface area contributed by atoms with E-state index in [9.17, 15) is 4.39 Å². The summed E-state index contributed by atoms with van der Waals surface area (Å²) in [4.78, 5) is 0. The topological polar surface area (TPSA) is 29.9 Å². The maximum Gasteiger partial charge on any atom is 0.149 e. The molecule has 0 saturated carbocycles. The van der Waals surface area contributed by atoms with Crippen LogP contribution in [0.1, 0.15) is 37.7 Å². The number of para-hydroxylation sites is 1. The lowest BCUT2D eigenvalue weighted by Gasteiger charge is -2.22. The summed E-state index contributed by atoms with van der Waals surface area (Å²) in [5.41, 5.74) is 3.13. The predicted octanol–water partition coefficient (Wildman–Crippen LogP) is 4.28. The Hall–Kier alpha value is -1.20. The van der Waals surface area contributed by atoms with Crippen molar-refractivity contribution in [1.29, 1.82) is 0 Å². The second-order valence-corrected chi connectivity index (χ2v) is 7.04. The molecule has 0 atom stereocenters. The second-order valence-electron chi connectivity index (χ2n) is 6.25. The monoisotopic (exact) mass is 353 g/mol. The molecule has 0 fully saturated rings. The largest absolute Gasteiger partial charge is 0.308 e. The van der Waals surface area contributed by atoms with E-state index in [-0.39, 0.29) is 11.4 Å². The first kappa shape index (κ1) is 16.2. The van der Waals surface area contributed by atoms with Gasteiger partial charge in [-0.1, -0.05) is 12.1 Å². The van der Waals surface area contributed by atoms with Crippen LogP contribution in [-0.4, -0.2) is 15.3 Å². The fourth-order valence-electron chi connectivity index (χ4n) is 2.14. The smallest absolute Gasteiger partial charge is 0.149 e. The lowest BCUT2D eigenvalue weighted by Crippen LogP contribution is -2.35. The van der Waals surface area contributed by atoms with Crippen molar-refractivity contribution in [3.05, 3.63) is 45.4 Å². The molecule has 0 aliphatic rings.